The van der Waals surface area contributed by atoms with E-state index in [9.17, 15) is 0 Å². The first-order chi connectivity index (χ1) is 15.4. The molecule has 160 valence electrons. The molecule has 1 N–H and O–H groups in total. The van der Waals surface area contributed by atoms with Gasteiger partial charge in [0.1, 0.15) is 5.65 Å². The van der Waals surface area contributed by atoms with E-state index in [-0.39, 0.29) is 0 Å². The molecule has 5 heteroatoms. The van der Waals surface area contributed by atoms with Crippen LogP contribution in [0.3, 0.4) is 0 Å². The van der Waals surface area contributed by atoms with Crippen molar-refractivity contribution in [2.75, 3.05) is 7.05 Å². The highest BCUT2D eigenvalue weighted by molar-refractivity contribution is 5.81. The van der Waals surface area contributed by atoms with Gasteiger partial charge >= 0.3 is 0 Å². The van der Waals surface area contributed by atoms with Crippen LogP contribution < -0.4 is 0 Å². The summed E-state index contributed by atoms with van der Waals surface area (Å²) in [5.74, 6) is 0. The first kappa shape index (κ1) is 22.5. The fourth-order valence-electron chi connectivity index (χ4n) is 3.02. The standard InChI is InChI=1S/C19H20N4.C8H7N/c1-13(2)23(4)12-14(3)18-10-15(5-7-20-18)17-9-16-6-8-21-19(16)22-11-17;1-7-2-4-8(6-9)5-3-7/h5-12H,1H2,2-4H3,(H,21,22);2-5H,1H3/b14-12+;. The molecule has 4 rings (SSSR count). The summed E-state index contributed by atoms with van der Waals surface area (Å²) in [5.41, 5.74) is 8.04. The molecule has 0 aliphatic carbocycles. The molecule has 0 aliphatic heterocycles. The van der Waals surface area contributed by atoms with Crippen molar-refractivity contribution in [2.45, 2.75) is 20.8 Å². The zero-order valence-electron chi connectivity index (χ0n) is 18.9. The average Bonchev–Trinajstić information content (AvgIpc) is 3.28. The Bertz CT molecular complexity index is 1290. The third-order valence-electron chi connectivity index (χ3n) is 5.07. The van der Waals surface area contributed by atoms with Crippen LogP contribution in [0, 0.1) is 18.3 Å². The average molecular weight is 422 g/mol. The maximum atomic E-state index is 8.38. The largest absolute Gasteiger partial charge is 0.355 e. The third-order valence-corrected chi connectivity index (χ3v) is 5.07. The van der Waals surface area contributed by atoms with Crippen LogP contribution in [-0.2, 0) is 0 Å². The summed E-state index contributed by atoms with van der Waals surface area (Å²) in [5, 5.41) is 9.49. The van der Waals surface area contributed by atoms with Gasteiger partial charge in [-0.15, -0.1) is 0 Å². The Morgan fingerprint density at radius 3 is 2.50 bits per heavy atom. The molecule has 3 heterocycles. The summed E-state index contributed by atoms with van der Waals surface area (Å²) in [7, 11) is 1.99. The summed E-state index contributed by atoms with van der Waals surface area (Å²) in [4.78, 5) is 14.0. The summed E-state index contributed by atoms with van der Waals surface area (Å²) >= 11 is 0. The van der Waals surface area contributed by atoms with Crippen LogP contribution in [0.4, 0.5) is 0 Å². The van der Waals surface area contributed by atoms with Crippen LogP contribution in [0.1, 0.15) is 30.7 Å². The first-order valence-corrected chi connectivity index (χ1v) is 10.3. The minimum absolute atomic E-state index is 0.723. The van der Waals surface area contributed by atoms with Crippen molar-refractivity contribution in [1.29, 1.82) is 5.26 Å². The van der Waals surface area contributed by atoms with Crippen LogP contribution in [-0.4, -0.2) is 26.9 Å². The number of hydrogen-bond donors (Lipinski definition) is 1. The summed E-state index contributed by atoms with van der Waals surface area (Å²) in [6.45, 7) is 9.97. The number of aryl methyl sites for hydroxylation is 1. The Balaban J connectivity index is 0.000000269. The van der Waals surface area contributed by atoms with Gasteiger partial charge in [-0.25, -0.2) is 4.98 Å². The number of pyridine rings is 2. The highest BCUT2D eigenvalue weighted by atomic mass is 15.1. The van der Waals surface area contributed by atoms with Gasteiger partial charge in [0, 0.05) is 48.5 Å². The number of nitrogens with zero attached hydrogens (tertiary/aromatic N) is 4. The Kier molecular flexibility index (Phi) is 7.20. The summed E-state index contributed by atoms with van der Waals surface area (Å²) < 4.78 is 0. The molecule has 0 atom stereocenters. The predicted octanol–water partition coefficient (Wildman–Crippen LogP) is 6.32. The van der Waals surface area contributed by atoms with E-state index in [4.69, 9.17) is 5.26 Å². The first-order valence-electron chi connectivity index (χ1n) is 10.3. The molecule has 0 spiro atoms. The lowest BCUT2D eigenvalue weighted by molar-refractivity contribution is 0.574. The molecule has 3 aromatic heterocycles. The normalized spacial score (nSPS) is 10.8. The second kappa shape index (κ2) is 10.2. The van der Waals surface area contributed by atoms with E-state index >= 15 is 0 Å². The van der Waals surface area contributed by atoms with Crippen LogP contribution in [0.15, 0.2) is 85.6 Å². The van der Waals surface area contributed by atoms with Crippen molar-refractivity contribution in [3.63, 3.8) is 0 Å². The lowest BCUT2D eigenvalue weighted by Gasteiger charge is -2.15. The predicted molar refractivity (Wildman–Crippen MR) is 131 cm³/mol. The molecule has 0 bridgehead atoms. The Labute approximate surface area is 189 Å². The maximum absolute atomic E-state index is 8.38. The van der Waals surface area contributed by atoms with Crippen LogP contribution in [0.5, 0.6) is 0 Å². The Hall–Kier alpha value is -4.17. The lowest BCUT2D eigenvalue weighted by Crippen LogP contribution is -2.07. The lowest BCUT2D eigenvalue weighted by atomic mass is 10.1. The summed E-state index contributed by atoms with van der Waals surface area (Å²) in [6, 6.07) is 17.8. The van der Waals surface area contributed by atoms with Gasteiger partial charge in [0.15, 0.2) is 0 Å². The van der Waals surface area contributed by atoms with E-state index in [2.05, 4.69) is 46.7 Å². The van der Waals surface area contributed by atoms with Gasteiger partial charge in [-0.3, -0.25) is 4.98 Å². The van der Waals surface area contributed by atoms with Gasteiger partial charge in [-0.1, -0.05) is 24.3 Å². The zero-order valence-corrected chi connectivity index (χ0v) is 18.9. The quantitative estimate of drug-likeness (QED) is 0.419. The van der Waals surface area contributed by atoms with E-state index in [0.29, 0.717) is 0 Å². The Morgan fingerprint density at radius 2 is 1.81 bits per heavy atom. The molecule has 0 aliphatic rings. The van der Waals surface area contributed by atoms with Gasteiger partial charge in [0.2, 0.25) is 0 Å². The number of allylic oxidation sites excluding steroid dienone is 2. The minimum Gasteiger partial charge on any atom is -0.355 e. The van der Waals surface area contributed by atoms with E-state index in [1.807, 2.05) is 87.0 Å². The number of benzene rings is 1. The molecule has 0 amide bonds. The SMILES string of the molecule is C=C(C)N(C)/C=C(\C)c1cc(-c2cnc3[nH]ccc3c2)ccn1.Cc1ccc(C#N)cc1. The number of fused-ring (bicyclic) bond motifs is 1. The van der Waals surface area contributed by atoms with Gasteiger partial charge in [0.25, 0.3) is 0 Å². The molecule has 0 unspecified atom stereocenters. The van der Waals surface area contributed by atoms with Crippen molar-refractivity contribution < 1.29 is 0 Å². The van der Waals surface area contributed by atoms with Gasteiger partial charge < -0.3 is 9.88 Å². The number of hydrogen-bond acceptors (Lipinski definition) is 4. The number of aromatic nitrogens is 3. The monoisotopic (exact) mass is 421 g/mol. The molecule has 32 heavy (non-hydrogen) atoms. The maximum Gasteiger partial charge on any atom is 0.137 e. The van der Waals surface area contributed by atoms with Crippen LogP contribution in [0.2, 0.25) is 0 Å². The van der Waals surface area contributed by atoms with E-state index in [1.54, 1.807) is 0 Å². The van der Waals surface area contributed by atoms with E-state index in [0.717, 1.165) is 44.7 Å². The Morgan fingerprint density at radius 1 is 1.06 bits per heavy atom. The van der Waals surface area contributed by atoms with Crippen LogP contribution >= 0.6 is 0 Å². The number of aromatic amines is 1. The van der Waals surface area contributed by atoms with E-state index in [1.165, 1.54) is 5.56 Å². The second-order valence-electron chi connectivity index (χ2n) is 7.71. The molecule has 4 aromatic rings. The molecular formula is C27H27N5. The van der Waals surface area contributed by atoms with Crippen LogP contribution in [0.25, 0.3) is 27.7 Å². The molecule has 0 saturated carbocycles. The second-order valence-corrected chi connectivity index (χ2v) is 7.71. The smallest absolute Gasteiger partial charge is 0.137 e. The van der Waals surface area contributed by atoms with Crippen molar-refractivity contribution in [2.24, 2.45) is 0 Å². The van der Waals surface area contributed by atoms with Gasteiger partial charge in [-0.2, -0.15) is 5.26 Å². The molecule has 0 saturated heterocycles. The zero-order chi connectivity index (χ0) is 23.1. The minimum atomic E-state index is 0.723. The number of H-pyrrole nitrogens is 1. The molecular weight excluding hydrogens is 394 g/mol. The number of rotatable bonds is 4. The fraction of sp³-hybridized carbons (Fsp3) is 0.148. The molecule has 0 radical (unpaired) electrons. The van der Waals surface area contributed by atoms with Crippen molar-refractivity contribution in [1.82, 2.24) is 19.9 Å². The highest BCUT2D eigenvalue weighted by Gasteiger charge is 2.05. The van der Waals surface area contributed by atoms with Crippen molar-refractivity contribution in [3.8, 4) is 17.2 Å². The van der Waals surface area contributed by atoms with Gasteiger partial charge in [0.05, 0.1) is 17.3 Å². The third kappa shape index (κ3) is 5.71. The topological polar surface area (TPSA) is 68.6 Å². The molecule has 5 nitrogen and oxygen atoms in total. The van der Waals surface area contributed by atoms with Gasteiger partial charge in [-0.05, 0) is 68.3 Å². The molecule has 0 fully saturated rings. The molecule has 1 aromatic carbocycles. The fourth-order valence-corrected chi connectivity index (χ4v) is 3.02. The van der Waals surface area contributed by atoms with E-state index < -0.39 is 0 Å². The number of nitriles is 1. The summed E-state index contributed by atoms with van der Waals surface area (Å²) in [6.07, 6.45) is 7.67. The highest BCUT2D eigenvalue weighted by Crippen LogP contribution is 2.24. The number of nitrogens with one attached hydrogen (secondary N) is 1. The van der Waals surface area contributed by atoms with Crippen molar-refractivity contribution in [3.05, 3.63) is 102 Å². The van der Waals surface area contributed by atoms with Crippen molar-refractivity contribution >= 4 is 16.6 Å².